The first-order valence-electron chi connectivity index (χ1n) is 9.94. The quantitative estimate of drug-likeness (QED) is 0.685. The molecule has 1 atom stereocenters. The van der Waals surface area contributed by atoms with E-state index >= 15 is 0 Å². The minimum atomic E-state index is -0.452. The van der Waals surface area contributed by atoms with Gasteiger partial charge in [-0.05, 0) is 31.0 Å². The molecule has 1 N–H and O–H groups in total. The fraction of sp³-hybridized carbons (Fsp3) is 0.261. The first kappa shape index (κ1) is 20.3. The molecule has 3 aromatic rings. The number of para-hydroxylation sites is 1. The van der Waals surface area contributed by atoms with Crippen LogP contribution in [0, 0.1) is 6.92 Å². The van der Waals surface area contributed by atoms with Crippen LogP contribution in [0.5, 0.6) is 0 Å². The molecule has 0 aliphatic carbocycles. The number of carbonyl (C=O) groups is 1. The van der Waals surface area contributed by atoms with E-state index in [4.69, 9.17) is 11.6 Å². The molecule has 6 nitrogen and oxygen atoms in total. The van der Waals surface area contributed by atoms with Gasteiger partial charge in [0.25, 0.3) is 5.91 Å². The second-order valence-corrected chi connectivity index (χ2v) is 7.95. The van der Waals surface area contributed by atoms with E-state index in [1.807, 2.05) is 30.3 Å². The van der Waals surface area contributed by atoms with Crippen molar-refractivity contribution in [1.82, 2.24) is 20.0 Å². The van der Waals surface area contributed by atoms with Crippen molar-refractivity contribution < 1.29 is 4.79 Å². The highest BCUT2D eigenvalue weighted by Gasteiger charge is 2.26. The summed E-state index contributed by atoms with van der Waals surface area (Å²) in [6, 6.07) is 18.8. The molecule has 154 valence electrons. The fourth-order valence-corrected chi connectivity index (χ4v) is 3.98. The van der Waals surface area contributed by atoms with E-state index in [1.54, 1.807) is 19.1 Å². The van der Waals surface area contributed by atoms with E-state index in [0.717, 1.165) is 26.1 Å². The summed E-state index contributed by atoms with van der Waals surface area (Å²) in [4.78, 5) is 27.6. The van der Waals surface area contributed by atoms with E-state index in [9.17, 15) is 9.59 Å². The van der Waals surface area contributed by atoms with Crippen LogP contribution >= 0.6 is 11.6 Å². The maximum absolute atomic E-state index is 12.8. The highest BCUT2D eigenvalue weighted by atomic mass is 35.5. The SMILES string of the molecule is Cc1cc(=O)c(C(=O)NC2CCN(Cc3ccccc3)C2)nn1-c1ccccc1Cl. The Kier molecular flexibility index (Phi) is 5.97. The molecule has 0 saturated carbocycles. The zero-order chi connectivity index (χ0) is 21.1. The van der Waals surface area contributed by atoms with Crippen LogP contribution in [0.1, 0.15) is 28.2 Å². The van der Waals surface area contributed by atoms with Crippen molar-refractivity contribution in [2.75, 3.05) is 13.1 Å². The molecule has 1 aromatic heterocycles. The van der Waals surface area contributed by atoms with Gasteiger partial charge in [-0.25, -0.2) is 4.68 Å². The van der Waals surface area contributed by atoms with E-state index in [2.05, 4.69) is 27.4 Å². The molecule has 0 radical (unpaired) electrons. The smallest absolute Gasteiger partial charge is 0.276 e. The van der Waals surface area contributed by atoms with Crippen molar-refractivity contribution in [3.63, 3.8) is 0 Å². The molecule has 1 amide bonds. The summed E-state index contributed by atoms with van der Waals surface area (Å²) in [5.41, 5.74) is 1.96. The maximum Gasteiger partial charge on any atom is 0.276 e. The van der Waals surface area contributed by atoms with Gasteiger partial charge in [0, 0.05) is 37.4 Å². The Balaban J connectivity index is 1.48. The van der Waals surface area contributed by atoms with Crippen LogP contribution in [0.25, 0.3) is 5.69 Å². The number of likely N-dealkylation sites (tertiary alicyclic amines) is 1. The Bertz CT molecular complexity index is 1110. The molecule has 0 spiro atoms. The van der Waals surface area contributed by atoms with Crippen LogP contribution in [-0.2, 0) is 6.54 Å². The summed E-state index contributed by atoms with van der Waals surface area (Å²) >= 11 is 6.28. The van der Waals surface area contributed by atoms with Gasteiger partial charge in [0.15, 0.2) is 5.69 Å². The molecule has 7 heteroatoms. The third-order valence-corrected chi connectivity index (χ3v) is 5.58. The van der Waals surface area contributed by atoms with Crippen LogP contribution in [0.4, 0.5) is 0 Å². The van der Waals surface area contributed by atoms with Crippen molar-refractivity contribution in [2.24, 2.45) is 0 Å². The lowest BCUT2D eigenvalue weighted by Crippen LogP contribution is -2.40. The molecule has 1 saturated heterocycles. The van der Waals surface area contributed by atoms with E-state index in [1.165, 1.54) is 16.3 Å². The zero-order valence-electron chi connectivity index (χ0n) is 16.7. The van der Waals surface area contributed by atoms with Gasteiger partial charge >= 0.3 is 0 Å². The summed E-state index contributed by atoms with van der Waals surface area (Å²) in [5.74, 6) is -0.452. The average molecular weight is 423 g/mol. The Morgan fingerprint density at radius 1 is 1.17 bits per heavy atom. The number of amides is 1. The predicted molar refractivity (Wildman–Crippen MR) is 117 cm³/mol. The van der Waals surface area contributed by atoms with Gasteiger partial charge in [-0.3, -0.25) is 14.5 Å². The molecular formula is C23H23ClN4O2. The number of rotatable bonds is 5. The molecule has 1 unspecified atom stereocenters. The number of aromatic nitrogens is 2. The van der Waals surface area contributed by atoms with Crippen LogP contribution < -0.4 is 10.7 Å². The standard InChI is InChI=1S/C23H23ClN4O2/c1-16-13-21(29)22(26-28(16)20-10-6-5-9-19(20)24)23(30)25-18-11-12-27(15-18)14-17-7-3-2-4-8-17/h2-10,13,18H,11-12,14-15H2,1H3,(H,25,30). The monoisotopic (exact) mass is 422 g/mol. The minimum absolute atomic E-state index is 0.0162. The summed E-state index contributed by atoms with van der Waals surface area (Å²) < 4.78 is 1.54. The average Bonchev–Trinajstić information content (AvgIpc) is 3.16. The number of hydrogen-bond acceptors (Lipinski definition) is 4. The van der Waals surface area contributed by atoms with E-state index in [-0.39, 0.29) is 11.7 Å². The molecule has 0 bridgehead atoms. The molecule has 1 fully saturated rings. The second-order valence-electron chi connectivity index (χ2n) is 7.54. The summed E-state index contributed by atoms with van der Waals surface area (Å²) in [7, 11) is 0. The van der Waals surface area contributed by atoms with Crippen molar-refractivity contribution in [3.8, 4) is 5.69 Å². The van der Waals surface area contributed by atoms with Crippen LogP contribution in [0.2, 0.25) is 5.02 Å². The Morgan fingerprint density at radius 2 is 1.90 bits per heavy atom. The summed E-state index contributed by atoms with van der Waals surface area (Å²) in [6.45, 7) is 4.24. The Hall–Kier alpha value is -2.96. The third kappa shape index (κ3) is 4.45. The van der Waals surface area contributed by atoms with Crippen molar-refractivity contribution in [3.05, 3.63) is 92.9 Å². The van der Waals surface area contributed by atoms with Gasteiger partial charge in [-0.15, -0.1) is 0 Å². The largest absolute Gasteiger partial charge is 0.346 e. The maximum atomic E-state index is 12.8. The van der Waals surface area contributed by atoms with Crippen molar-refractivity contribution >= 4 is 17.5 Å². The van der Waals surface area contributed by atoms with Gasteiger partial charge < -0.3 is 5.32 Å². The first-order valence-corrected chi connectivity index (χ1v) is 10.3. The number of aryl methyl sites for hydroxylation is 1. The molecule has 2 heterocycles. The molecular weight excluding hydrogens is 400 g/mol. The van der Waals surface area contributed by atoms with Gasteiger partial charge in [0.1, 0.15) is 0 Å². The summed E-state index contributed by atoms with van der Waals surface area (Å²) in [5, 5.41) is 7.80. The predicted octanol–water partition coefficient (Wildman–Crippen LogP) is 3.20. The number of nitrogens with zero attached hydrogens (tertiary/aromatic N) is 3. The van der Waals surface area contributed by atoms with Gasteiger partial charge in [0.2, 0.25) is 5.43 Å². The van der Waals surface area contributed by atoms with Crippen molar-refractivity contribution in [2.45, 2.75) is 25.9 Å². The van der Waals surface area contributed by atoms with Crippen LogP contribution in [0.15, 0.2) is 65.5 Å². The third-order valence-electron chi connectivity index (χ3n) is 5.26. The normalized spacial score (nSPS) is 16.5. The topological polar surface area (TPSA) is 67.2 Å². The molecule has 1 aliphatic heterocycles. The Morgan fingerprint density at radius 3 is 2.67 bits per heavy atom. The number of halogens is 1. The molecule has 1 aliphatic rings. The second kappa shape index (κ2) is 8.81. The van der Waals surface area contributed by atoms with Crippen LogP contribution in [-0.4, -0.2) is 39.7 Å². The van der Waals surface area contributed by atoms with E-state index < -0.39 is 11.3 Å². The lowest BCUT2D eigenvalue weighted by atomic mass is 10.2. The number of benzene rings is 2. The first-order chi connectivity index (χ1) is 14.5. The van der Waals surface area contributed by atoms with Crippen molar-refractivity contribution in [1.29, 1.82) is 0 Å². The van der Waals surface area contributed by atoms with Gasteiger partial charge in [-0.1, -0.05) is 54.1 Å². The lowest BCUT2D eigenvalue weighted by Gasteiger charge is -2.17. The Labute approximate surface area is 180 Å². The number of hydrogen-bond donors (Lipinski definition) is 1. The molecule has 30 heavy (non-hydrogen) atoms. The summed E-state index contributed by atoms with van der Waals surface area (Å²) in [6.07, 6.45) is 0.836. The zero-order valence-corrected chi connectivity index (χ0v) is 17.5. The van der Waals surface area contributed by atoms with Gasteiger partial charge in [-0.2, -0.15) is 5.10 Å². The lowest BCUT2D eigenvalue weighted by molar-refractivity contribution is 0.0929. The number of nitrogens with one attached hydrogen (secondary N) is 1. The molecule has 2 aromatic carbocycles. The highest BCUT2D eigenvalue weighted by molar-refractivity contribution is 6.32. The molecule has 4 rings (SSSR count). The number of carbonyl (C=O) groups excluding carboxylic acids is 1. The minimum Gasteiger partial charge on any atom is -0.346 e. The van der Waals surface area contributed by atoms with Crippen LogP contribution in [0.3, 0.4) is 0 Å². The van der Waals surface area contributed by atoms with Gasteiger partial charge in [0.05, 0.1) is 10.7 Å². The fourth-order valence-electron chi connectivity index (χ4n) is 3.76. The highest BCUT2D eigenvalue weighted by Crippen LogP contribution is 2.20. The van der Waals surface area contributed by atoms with E-state index in [0.29, 0.717) is 16.4 Å².